The van der Waals surface area contributed by atoms with E-state index in [4.69, 9.17) is 9.84 Å². The topological polar surface area (TPSA) is 95.9 Å². The van der Waals surface area contributed by atoms with Gasteiger partial charge in [-0.05, 0) is 47.4 Å². The van der Waals surface area contributed by atoms with Gasteiger partial charge in [-0.1, -0.05) is 61.9 Å². The number of likely N-dealkylation sites (tertiary alicyclic amines) is 1. The van der Waals surface area contributed by atoms with Gasteiger partial charge in [-0.3, -0.25) is 9.59 Å². The van der Waals surface area contributed by atoms with E-state index in [0.29, 0.717) is 25.9 Å². The Bertz CT molecular complexity index is 1010. The number of aliphatic carboxylic acids is 1. The number of benzene rings is 2. The lowest BCUT2D eigenvalue weighted by Crippen LogP contribution is -2.48. The van der Waals surface area contributed by atoms with Crippen LogP contribution in [0, 0.1) is 5.92 Å². The van der Waals surface area contributed by atoms with Crippen LogP contribution in [-0.2, 0) is 14.3 Å². The largest absolute Gasteiger partial charge is 0.481 e. The molecule has 1 aliphatic carbocycles. The number of carboxylic acids is 1. The molecular formula is C27H32N2O5. The monoisotopic (exact) mass is 464 g/mol. The summed E-state index contributed by atoms with van der Waals surface area (Å²) in [5.41, 5.74) is 4.61. The number of amides is 2. The molecule has 0 saturated carbocycles. The first-order valence-corrected chi connectivity index (χ1v) is 12.1. The Kier molecular flexibility index (Phi) is 7.50. The van der Waals surface area contributed by atoms with Gasteiger partial charge in [0.25, 0.3) is 0 Å². The summed E-state index contributed by atoms with van der Waals surface area (Å²) in [6.45, 7) is 3.31. The van der Waals surface area contributed by atoms with Crippen LogP contribution in [0.1, 0.15) is 56.1 Å². The Morgan fingerprint density at radius 1 is 1.09 bits per heavy atom. The van der Waals surface area contributed by atoms with Crippen LogP contribution in [0.2, 0.25) is 0 Å². The van der Waals surface area contributed by atoms with Crippen molar-refractivity contribution >= 4 is 18.0 Å². The van der Waals surface area contributed by atoms with E-state index in [1.165, 1.54) is 0 Å². The van der Waals surface area contributed by atoms with Crippen molar-refractivity contribution in [2.75, 3.05) is 19.7 Å². The number of nitrogens with one attached hydrogen (secondary N) is 1. The summed E-state index contributed by atoms with van der Waals surface area (Å²) in [7, 11) is 0. The number of carbonyl (C=O) groups excluding carboxylic acids is 2. The molecule has 0 bridgehead atoms. The number of hydrogen-bond donors (Lipinski definition) is 2. The SMILES string of the molecule is CCC[C@H](NC(=O)OCC1c2ccccc2-c2ccccc21)C(=O)N1CCC(CCC(=O)O)C1. The van der Waals surface area contributed by atoms with Gasteiger partial charge in [0.05, 0.1) is 0 Å². The number of fused-ring (bicyclic) bond motifs is 3. The minimum atomic E-state index is -0.814. The van der Waals surface area contributed by atoms with Gasteiger partial charge in [0.1, 0.15) is 12.6 Å². The van der Waals surface area contributed by atoms with E-state index in [2.05, 4.69) is 29.6 Å². The van der Waals surface area contributed by atoms with E-state index in [9.17, 15) is 14.4 Å². The third kappa shape index (κ3) is 5.24. The Labute approximate surface area is 200 Å². The smallest absolute Gasteiger partial charge is 0.407 e. The third-order valence-electron chi connectivity index (χ3n) is 6.88. The van der Waals surface area contributed by atoms with E-state index < -0.39 is 18.1 Å². The molecule has 2 aromatic rings. The third-order valence-corrected chi connectivity index (χ3v) is 6.88. The second kappa shape index (κ2) is 10.7. The lowest BCUT2D eigenvalue weighted by atomic mass is 9.98. The Balaban J connectivity index is 1.35. The molecule has 7 heteroatoms. The van der Waals surface area contributed by atoms with E-state index in [0.717, 1.165) is 35.1 Å². The fourth-order valence-corrected chi connectivity index (χ4v) is 5.14. The highest BCUT2D eigenvalue weighted by Crippen LogP contribution is 2.44. The van der Waals surface area contributed by atoms with E-state index in [1.807, 2.05) is 31.2 Å². The second-order valence-electron chi connectivity index (χ2n) is 9.18. The molecule has 2 atom stereocenters. The normalized spacial score (nSPS) is 17.7. The van der Waals surface area contributed by atoms with Gasteiger partial charge < -0.3 is 20.1 Å². The number of carboxylic acid groups (broad SMARTS) is 1. The molecule has 0 spiro atoms. The van der Waals surface area contributed by atoms with Crippen LogP contribution < -0.4 is 5.32 Å². The van der Waals surface area contributed by atoms with Crippen molar-refractivity contribution in [2.45, 2.75) is 51.0 Å². The van der Waals surface area contributed by atoms with E-state index in [-0.39, 0.29) is 30.8 Å². The molecule has 1 fully saturated rings. The van der Waals surface area contributed by atoms with Gasteiger partial charge in [0.15, 0.2) is 0 Å². The fraction of sp³-hybridized carbons (Fsp3) is 0.444. The quantitative estimate of drug-likeness (QED) is 0.573. The molecular weight excluding hydrogens is 432 g/mol. The predicted octanol–water partition coefficient (Wildman–Crippen LogP) is 4.41. The molecule has 2 aliphatic rings. The van der Waals surface area contributed by atoms with Gasteiger partial charge in [-0.25, -0.2) is 4.79 Å². The molecule has 1 heterocycles. The second-order valence-corrected chi connectivity index (χ2v) is 9.18. The summed E-state index contributed by atoms with van der Waals surface area (Å²) in [6, 6.07) is 15.7. The summed E-state index contributed by atoms with van der Waals surface area (Å²) in [5, 5.41) is 11.7. The zero-order valence-electron chi connectivity index (χ0n) is 19.5. The van der Waals surface area contributed by atoms with E-state index >= 15 is 0 Å². The van der Waals surface area contributed by atoms with Crippen molar-refractivity contribution in [1.82, 2.24) is 10.2 Å². The molecule has 34 heavy (non-hydrogen) atoms. The molecule has 1 saturated heterocycles. The number of alkyl carbamates (subject to hydrolysis) is 1. The molecule has 0 aromatic heterocycles. The number of nitrogens with zero attached hydrogens (tertiary/aromatic N) is 1. The van der Waals surface area contributed by atoms with Crippen molar-refractivity contribution in [3.63, 3.8) is 0 Å². The zero-order valence-corrected chi connectivity index (χ0v) is 19.5. The summed E-state index contributed by atoms with van der Waals surface area (Å²) < 4.78 is 5.63. The lowest BCUT2D eigenvalue weighted by molar-refractivity contribution is -0.137. The molecule has 1 unspecified atom stereocenters. The van der Waals surface area contributed by atoms with E-state index in [1.54, 1.807) is 4.90 Å². The minimum Gasteiger partial charge on any atom is -0.481 e. The van der Waals surface area contributed by atoms with Crippen LogP contribution in [-0.4, -0.2) is 53.7 Å². The summed E-state index contributed by atoms with van der Waals surface area (Å²) in [4.78, 5) is 38.4. The van der Waals surface area contributed by atoms with Crippen LogP contribution in [0.15, 0.2) is 48.5 Å². The summed E-state index contributed by atoms with van der Waals surface area (Å²) in [6.07, 6.45) is 2.16. The van der Waals surface area contributed by atoms with Crippen molar-refractivity contribution in [2.24, 2.45) is 5.92 Å². The molecule has 0 radical (unpaired) electrons. The van der Waals surface area contributed by atoms with Crippen molar-refractivity contribution in [1.29, 1.82) is 0 Å². The average Bonchev–Trinajstić information content (AvgIpc) is 3.44. The van der Waals surface area contributed by atoms with Crippen molar-refractivity contribution in [3.8, 4) is 11.1 Å². The first-order chi connectivity index (χ1) is 16.5. The molecule has 2 amide bonds. The van der Waals surface area contributed by atoms with Crippen molar-refractivity contribution in [3.05, 3.63) is 59.7 Å². The molecule has 2 aromatic carbocycles. The van der Waals surface area contributed by atoms with Gasteiger partial charge in [0, 0.05) is 25.4 Å². The standard InChI is InChI=1S/C27H32N2O5/c1-2-7-24(26(32)29-15-14-18(16-29)12-13-25(30)31)28-27(33)34-17-23-21-10-5-3-8-19(21)20-9-4-6-11-22(20)23/h3-6,8-11,18,23-24H,2,7,12-17H2,1H3,(H,28,33)(H,30,31)/t18?,24-/m0/s1. The van der Waals surface area contributed by atoms with Crippen LogP contribution in [0.5, 0.6) is 0 Å². The highest BCUT2D eigenvalue weighted by Gasteiger charge is 2.33. The first-order valence-electron chi connectivity index (χ1n) is 12.1. The van der Waals surface area contributed by atoms with Gasteiger partial charge in [0.2, 0.25) is 5.91 Å². The van der Waals surface area contributed by atoms with Crippen LogP contribution >= 0.6 is 0 Å². The molecule has 2 N–H and O–H groups in total. The van der Waals surface area contributed by atoms with Crippen LogP contribution in [0.25, 0.3) is 11.1 Å². The van der Waals surface area contributed by atoms with Gasteiger partial charge in [-0.2, -0.15) is 0 Å². The highest BCUT2D eigenvalue weighted by molar-refractivity contribution is 5.86. The zero-order chi connectivity index (χ0) is 24.1. The predicted molar refractivity (Wildman–Crippen MR) is 128 cm³/mol. The lowest BCUT2D eigenvalue weighted by Gasteiger charge is -2.24. The summed E-state index contributed by atoms with van der Waals surface area (Å²) in [5.74, 6) is -0.775. The number of rotatable bonds is 9. The minimum absolute atomic E-state index is 0.0351. The maximum absolute atomic E-state index is 13.1. The Hall–Kier alpha value is -3.35. The highest BCUT2D eigenvalue weighted by atomic mass is 16.5. The van der Waals surface area contributed by atoms with Crippen molar-refractivity contribution < 1.29 is 24.2 Å². The fourth-order valence-electron chi connectivity index (χ4n) is 5.14. The maximum atomic E-state index is 13.1. The number of hydrogen-bond acceptors (Lipinski definition) is 4. The number of carbonyl (C=O) groups is 3. The maximum Gasteiger partial charge on any atom is 0.407 e. The van der Waals surface area contributed by atoms with Crippen LogP contribution in [0.4, 0.5) is 4.79 Å². The van der Waals surface area contributed by atoms with Gasteiger partial charge in [-0.15, -0.1) is 0 Å². The Morgan fingerprint density at radius 3 is 2.35 bits per heavy atom. The van der Waals surface area contributed by atoms with Gasteiger partial charge >= 0.3 is 12.1 Å². The average molecular weight is 465 g/mol. The molecule has 4 rings (SSSR count). The molecule has 1 aliphatic heterocycles. The Morgan fingerprint density at radius 2 is 1.74 bits per heavy atom. The summed E-state index contributed by atoms with van der Waals surface area (Å²) >= 11 is 0. The molecule has 7 nitrogen and oxygen atoms in total. The molecule has 180 valence electrons. The van der Waals surface area contributed by atoms with Crippen LogP contribution in [0.3, 0.4) is 0 Å². The number of ether oxygens (including phenoxy) is 1. The first kappa shape index (κ1) is 23.8.